The van der Waals surface area contributed by atoms with Gasteiger partial charge in [0.2, 0.25) is 0 Å². The van der Waals surface area contributed by atoms with Crippen molar-refractivity contribution in [3.63, 3.8) is 0 Å². The van der Waals surface area contributed by atoms with Crippen LogP contribution in [0.2, 0.25) is 0 Å². The molecule has 0 aromatic heterocycles. The summed E-state index contributed by atoms with van der Waals surface area (Å²) in [5, 5.41) is 0. The summed E-state index contributed by atoms with van der Waals surface area (Å²) < 4.78 is 16.8. The Labute approximate surface area is 384 Å². The molecule has 0 aromatic rings. The Kier molecular flexibility index (Phi) is 48.8. The van der Waals surface area contributed by atoms with E-state index in [1.165, 1.54) is 148 Å². The molecular weight excluding hydrogens is 769 g/mol. The first-order chi connectivity index (χ1) is 30.5. The van der Waals surface area contributed by atoms with Gasteiger partial charge in [0, 0.05) is 19.3 Å². The minimum absolute atomic E-state index is 0.0895. The zero-order chi connectivity index (χ0) is 45.1. The number of hydrogen-bond donors (Lipinski definition) is 0. The van der Waals surface area contributed by atoms with Crippen LogP contribution in [0.1, 0.15) is 271 Å². The fourth-order valence-electron chi connectivity index (χ4n) is 7.58. The molecular formula is C56H100O6. The number of hydrogen-bond acceptors (Lipinski definition) is 6. The fourth-order valence-corrected chi connectivity index (χ4v) is 7.58. The van der Waals surface area contributed by atoms with Crippen LogP contribution in [0.4, 0.5) is 0 Å². The fraction of sp³-hybridized carbons (Fsp3) is 0.804. The van der Waals surface area contributed by atoms with Gasteiger partial charge in [-0.15, -0.1) is 0 Å². The molecule has 0 bridgehead atoms. The highest BCUT2D eigenvalue weighted by atomic mass is 16.6. The molecule has 0 radical (unpaired) electrons. The zero-order valence-corrected chi connectivity index (χ0v) is 41.1. The molecule has 0 heterocycles. The van der Waals surface area contributed by atoms with Gasteiger partial charge < -0.3 is 14.2 Å². The molecule has 0 saturated carbocycles. The third-order valence-corrected chi connectivity index (χ3v) is 11.6. The van der Waals surface area contributed by atoms with Gasteiger partial charge in [0.1, 0.15) is 13.2 Å². The van der Waals surface area contributed by atoms with Crippen LogP contribution in [-0.4, -0.2) is 37.2 Å². The highest BCUT2D eigenvalue weighted by Crippen LogP contribution is 2.16. The molecule has 0 aliphatic carbocycles. The summed E-state index contributed by atoms with van der Waals surface area (Å²) >= 11 is 0. The van der Waals surface area contributed by atoms with Crippen molar-refractivity contribution >= 4 is 17.9 Å². The number of carbonyl (C=O) groups is 3. The minimum Gasteiger partial charge on any atom is -0.462 e. The number of carbonyl (C=O) groups excluding carboxylic acids is 3. The first-order valence-corrected chi connectivity index (χ1v) is 26.6. The first-order valence-electron chi connectivity index (χ1n) is 26.6. The lowest BCUT2D eigenvalue weighted by Gasteiger charge is -2.18. The van der Waals surface area contributed by atoms with Gasteiger partial charge in [-0.1, -0.05) is 230 Å². The molecule has 0 amide bonds. The van der Waals surface area contributed by atoms with Crippen molar-refractivity contribution in [3.8, 4) is 0 Å². The molecule has 6 nitrogen and oxygen atoms in total. The predicted octanol–water partition coefficient (Wildman–Crippen LogP) is 17.5. The second-order valence-electron chi connectivity index (χ2n) is 17.8. The molecule has 1 atom stereocenters. The van der Waals surface area contributed by atoms with Gasteiger partial charge in [-0.3, -0.25) is 14.4 Å². The van der Waals surface area contributed by atoms with Crippen LogP contribution in [0.15, 0.2) is 48.6 Å². The molecule has 0 spiro atoms. The summed E-state index contributed by atoms with van der Waals surface area (Å²) in [5.74, 6) is -0.946. The number of esters is 3. The van der Waals surface area contributed by atoms with Crippen LogP contribution in [0.25, 0.3) is 0 Å². The molecule has 0 aromatic carbocycles. The largest absolute Gasteiger partial charge is 0.462 e. The minimum atomic E-state index is -0.794. The predicted molar refractivity (Wildman–Crippen MR) is 265 cm³/mol. The van der Waals surface area contributed by atoms with Gasteiger partial charge in [-0.05, 0) is 70.6 Å². The SMILES string of the molecule is CC/C=C\C/C=C\C/C=C\CCCC(=O)OCC(COC(=O)CCCCCCCCCCCCCCCCCCC)OC(=O)CCCCCCC/C=C\CCCCCCCCC. The Morgan fingerprint density at radius 1 is 0.339 bits per heavy atom. The van der Waals surface area contributed by atoms with Crippen molar-refractivity contribution < 1.29 is 28.6 Å². The Morgan fingerprint density at radius 3 is 1.06 bits per heavy atom. The summed E-state index contributed by atoms with van der Waals surface area (Å²) in [7, 11) is 0. The summed E-state index contributed by atoms with van der Waals surface area (Å²) in [5.41, 5.74) is 0. The zero-order valence-electron chi connectivity index (χ0n) is 41.1. The molecule has 0 aliphatic rings. The van der Waals surface area contributed by atoms with Crippen LogP contribution >= 0.6 is 0 Å². The van der Waals surface area contributed by atoms with Crippen LogP contribution in [0, 0.1) is 0 Å². The maximum atomic E-state index is 12.8. The number of unbranched alkanes of at least 4 members (excludes halogenated alkanes) is 29. The molecule has 360 valence electrons. The van der Waals surface area contributed by atoms with Crippen molar-refractivity contribution in [2.45, 2.75) is 277 Å². The molecule has 0 N–H and O–H groups in total. The van der Waals surface area contributed by atoms with Gasteiger partial charge in [0.15, 0.2) is 6.10 Å². The maximum absolute atomic E-state index is 12.8. The van der Waals surface area contributed by atoms with E-state index in [0.717, 1.165) is 77.0 Å². The van der Waals surface area contributed by atoms with E-state index in [2.05, 4.69) is 69.4 Å². The lowest BCUT2D eigenvalue weighted by molar-refractivity contribution is -0.167. The van der Waals surface area contributed by atoms with E-state index in [1.807, 2.05) is 0 Å². The lowest BCUT2D eigenvalue weighted by Crippen LogP contribution is -2.30. The van der Waals surface area contributed by atoms with Gasteiger partial charge >= 0.3 is 17.9 Å². The maximum Gasteiger partial charge on any atom is 0.306 e. The Hall–Kier alpha value is -2.63. The number of rotatable bonds is 48. The molecule has 0 rings (SSSR count). The number of allylic oxidation sites excluding steroid dienone is 8. The van der Waals surface area contributed by atoms with Crippen LogP contribution in [0.5, 0.6) is 0 Å². The number of ether oxygens (including phenoxy) is 3. The van der Waals surface area contributed by atoms with Crippen molar-refractivity contribution in [1.29, 1.82) is 0 Å². The molecule has 0 aliphatic heterocycles. The van der Waals surface area contributed by atoms with E-state index in [4.69, 9.17) is 14.2 Å². The van der Waals surface area contributed by atoms with E-state index in [1.54, 1.807) is 0 Å². The third kappa shape index (κ3) is 48.4. The van der Waals surface area contributed by atoms with Crippen LogP contribution in [0.3, 0.4) is 0 Å². The summed E-state index contributed by atoms with van der Waals surface area (Å²) in [4.78, 5) is 37.9. The average Bonchev–Trinajstić information content (AvgIpc) is 3.27. The standard InChI is InChI=1S/C56H100O6/c1-4-7-10-13-16-19-22-24-26-28-30-31-34-37-40-43-46-49-55(58)61-52-53(51-60-54(57)48-45-42-39-36-33-21-18-15-12-9-6-3)62-56(59)50-47-44-41-38-35-32-29-27-25-23-20-17-14-11-8-5-2/h9,12,18,21,27,29,36,39,53H,4-8,10-11,13-17,19-20,22-26,28,30-35,37-38,40-52H2,1-3H3/b12-9-,21-18-,29-27-,39-36-. The molecule has 1 unspecified atom stereocenters. The second kappa shape index (κ2) is 51.0. The summed E-state index contributed by atoms with van der Waals surface area (Å²) in [6, 6.07) is 0. The van der Waals surface area contributed by atoms with E-state index in [0.29, 0.717) is 19.3 Å². The highest BCUT2D eigenvalue weighted by molar-refractivity contribution is 5.71. The Morgan fingerprint density at radius 2 is 0.645 bits per heavy atom. The lowest BCUT2D eigenvalue weighted by atomic mass is 10.0. The van der Waals surface area contributed by atoms with E-state index < -0.39 is 6.10 Å². The third-order valence-electron chi connectivity index (χ3n) is 11.6. The van der Waals surface area contributed by atoms with Crippen LogP contribution in [-0.2, 0) is 28.6 Å². The van der Waals surface area contributed by atoms with Crippen LogP contribution < -0.4 is 0 Å². The van der Waals surface area contributed by atoms with Gasteiger partial charge in [0.25, 0.3) is 0 Å². The quantitative estimate of drug-likeness (QED) is 0.0262. The average molecular weight is 869 g/mol. The van der Waals surface area contributed by atoms with Crippen molar-refractivity contribution in [1.82, 2.24) is 0 Å². The smallest absolute Gasteiger partial charge is 0.306 e. The second-order valence-corrected chi connectivity index (χ2v) is 17.8. The Bertz CT molecular complexity index is 1090. The monoisotopic (exact) mass is 869 g/mol. The molecule has 0 saturated heterocycles. The normalized spacial score (nSPS) is 12.4. The van der Waals surface area contributed by atoms with Gasteiger partial charge in [-0.25, -0.2) is 0 Å². The van der Waals surface area contributed by atoms with Crippen molar-refractivity contribution in [2.24, 2.45) is 0 Å². The first kappa shape index (κ1) is 59.4. The summed E-state index contributed by atoms with van der Waals surface area (Å²) in [6.45, 7) is 6.49. The van der Waals surface area contributed by atoms with Gasteiger partial charge in [0.05, 0.1) is 0 Å². The topological polar surface area (TPSA) is 78.9 Å². The van der Waals surface area contributed by atoms with Crippen molar-refractivity contribution in [2.75, 3.05) is 13.2 Å². The van der Waals surface area contributed by atoms with Crippen molar-refractivity contribution in [3.05, 3.63) is 48.6 Å². The molecule has 0 fully saturated rings. The van der Waals surface area contributed by atoms with Gasteiger partial charge in [-0.2, -0.15) is 0 Å². The van der Waals surface area contributed by atoms with E-state index >= 15 is 0 Å². The molecule has 6 heteroatoms. The highest BCUT2D eigenvalue weighted by Gasteiger charge is 2.19. The molecule has 62 heavy (non-hydrogen) atoms. The van der Waals surface area contributed by atoms with E-state index in [-0.39, 0.29) is 37.5 Å². The Balaban J connectivity index is 4.37. The van der Waals surface area contributed by atoms with E-state index in [9.17, 15) is 14.4 Å². The summed E-state index contributed by atoms with van der Waals surface area (Å²) in [6.07, 6.45) is 61.1.